The molecule has 3 aromatic rings. The maximum atomic E-state index is 10.8. The van der Waals surface area contributed by atoms with Crippen LogP contribution in [0.4, 0.5) is 0 Å². The van der Waals surface area contributed by atoms with E-state index in [1.54, 1.807) is 12.1 Å². The van der Waals surface area contributed by atoms with Gasteiger partial charge >= 0.3 is 0 Å². The van der Waals surface area contributed by atoms with Crippen molar-refractivity contribution in [3.8, 4) is 22.8 Å². The first-order valence-corrected chi connectivity index (χ1v) is 13.0. The Balaban J connectivity index is 1.15. The van der Waals surface area contributed by atoms with E-state index < -0.39 is 0 Å². The Hall–Kier alpha value is -2.82. The zero-order valence-electron chi connectivity index (χ0n) is 20.1. The maximum absolute atomic E-state index is 10.8. The molecule has 34 heavy (non-hydrogen) atoms. The highest BCUT2D eigenvalue weighted by Gasteiger charge is 2.50. The van der Waals surface area contributed by atoms with Crippen molar-refractivity contribution in [1.82, 2.24) is 15.0 Å². The molecule has 0 bridgehead atoms. The molecule has 2 saturated carbocycles. The summed E-state index contributed by atoms with van der Waals surface area (Å²) in [6, 6.07) is 11.5. The van der Waals surface area contributed by atoms with Crippen molar-refractivity contribution < 1.29 is 10.2 Å². The van der Waals surface area contributed by atoms with E-state index in [9.17, 15) is 10.2 Å². The Kier molecular flexibility index (Phi) is 5.39. The lowest BCUT2D eigenvalue weighted by atomic mass is 9.56. The first kappa shape index (κ1) is 21.7. The summed E-state index contributed by atoms with van der Waals surface area (Å²) in [7, 11) is 0. The van der Waals surface area contributed by atoms with E-state index in [0.29, 0.717) is 17.1 Å². The highest BCUT2D eigenvalue weighted by molar-refractivity contribution is 5.59. The summed E-state index contributed by atoms with van der Waals surface area (Å²) < 4.78 is 1.85. The molecule has 0 spiro atoms. The predicted molar refractivity (Wildman–Crippen MR) is 133 cm³/mol. The Morgan fingerprint density at radius 1 is 1.09 bits per heavy atom. The second-order valence-corrected chi connectivity index (χ2v) is 11.2. The number of nitrogens with zero attached hydrogens (tertiary/aromatic N) is 3. The van der Waals surface area contributed by atoms with Crippen LogP contribution >= 0.6 is 0 Å². The quantitative estimate of drug-likeness (QED) is 0.476. The van der Waals surface area contributed by atoms with Crippen LogP contribution in [0.15, 0.2) is 42.6 Å². The van der Waals surface area contributed by atoms with Gasteiger partial charge in [0.15, 0.2) is 0 Å². The molecule has 2 fully saturated rings. The number of phenols is 2. The molecule has 4 atom stereocenters. The van der Waals surface area contributed by atoms with E-state index in [-0.39, 0.29) is 5.75 Å². The third-order valence-corrected chi connectivity index (χ3v) is 9.22. The van der Waals surface area contributed by atoms with Gasteiger partial charge in [0.1, 0.15) is 17.2 Å². The summed E-state index contributed by atoms with van der Waals surface area (Å²) in [4.78, 5) is 0. The monoisotopic (exact) mass is 457 g/mol. The normalized spacial score (nSPS) is 27.7. The van der Waals surface area contributed by atoms with Crippen LogP contribution in [0.5, 0.6) is 11.5 Å². The molecule has 1 aromatic heterocycles. The zero-order valence-corrected chi connectivity index (χ0v) is 20.1. The Labute approximate surface area is 201 Å². The summed E-state index contributed by atoms with van der Waals surface area (Å²) in [5.41, 5.74) is 6.19. The average Bonchev–Trinajstić information content (AvgIpc) is 3.46. The van der Waals surface area contributed by atoms with Gasteiger partial charge in [0.25, 0.3) is 0 Å². The van der Waals surface area contributed by atoms with E-state index in [4.69, 9.17) is 0 Å². The van der Waals surface area contributed by atoms with E-state index in [1.165, 1.54) is 49.7 Å². The molecule has 3 aliphatic carbocycles. The first-order valence-electron chi connectivity index (χ1n) is 13.0. The average molecular weight is 458 g/mol. The third kappa shape index (κ3) is 3.79. The number of hydrogen-bond donors (Lipinski definition) is 2. The topological polar surface area (TPSA) is 71.2 Å². The van der Waals surface area contributed by atoms with Gasteiger partial charge in [-0.2, -0.15) is 0 Å². The van der Waals surface area contributed by atoms with E-state index >= 15 is 0 Å². The van der Waals surface area contributed by atoms with Crippen LogP contribution in [0.1, 0.15) is 74.5 Å². The van der Waals surface area contributed by atoms with E-state index in [1.807, 2.05) is 23.0 Å². The van der Waals surface area contributed by atoms with Crippen molar-refractivity contribution in [2.75, 3.05) is 0 Å². The molecule has 0 saturated heterocycles. The molecule has 0 aliphatic heterocycles. The van der Waals surface area contributed by atoms with Gasteiger partial charge in [-0.3, -0.25) is 4.68 Å². The van der Waals surface area contributed by atoms with Crippen LogP contribution in [0, 0.1) is 17.3 Å². The van der Waals surface area contributed by atoms with Crippen molar-refractivity contribution in [2.45, 2.75) is 77.2 Å². The van der Waals surface area contributed by atoms with Crippen LogP contribution in [-0.4, -0.2) is 25.2 Å². The van der Waals surface area contributed by atoms with Gasteiger partial charge in [0.2, 0.25) is 0 Å². The van der Waals surface area contributed by atoms with Gasteiger partial charge in [-0.05, 0) is 109 Å². The Morgan fingerprint density at radius 2 is 2.00 bits per heavy atom. The van der Waals surface area contributed by atoms with Crippen LogP contribution in [0.3, 0.4) is 0 Å². The van der Waals surface area contributed by atoms with Crippen molar-refractivity contribution >= 4 is 0 Å². The molecule has 5 nitrogen and oxygen atoms in total. The molecule has 3 aliphatic rings. The molecule has 5 heteroatoms. The molecule has 2 aromatic carbocycles. The van der Waals surface area contributed by atoms with Gasteiger partial charge in [0.05, 0.1) is 6.20 Å². The SMILES string of the molecule is C[C@@]12CCC[C@H]1[C@@H]1CCc3cc(O)c(CCCn4cc(-c5cccc(O)c5)nn4)cc3[C@H]1CC2. The molecular formula is C29H35N3O2. The fourth-order valence-electron chi connectivity index (χ4n) is 7.49. The van der Waals surface area contributed by atoms with E-state index in [2.05, 4.69) is 29.4 Å². The number of fused-ring (bicyclic) bond motifs is 5. The minimum absolute atomic E-state index is 0.229. The zero-order chi connectivity index (χ0) is 23.3. The van der Waals surface area contributed by atoms with E-state index in [0.717, 1.165) is 54.5 Å². The van der Waals surface area contributed by atoms with Crippen LogP contribution < -0.4 is 0 Å². The van der Waals surface area contributed by atoms with Crippen LogP contribution in [0.25, 0.3) is 11.3 Å². The number of aromatic nitrogens is 3. The number of benzene rings is 2. The highest BCUT2D eigenvalue weighted by Crippen LogP contribution is 2.61. The Morgan fingerprint density at radius 3 is 2.88 bits per heavy atom. The largest absolute Gasteiger partial charge is 0.508 e. The van der Waals surface area contributed by atoms with Gasteiger partial charge in [-0.25, -0.2) is 0 Å². The summed E-state index contributed by atoms with van der Waals surface area (Å²) in [6.07, 6.45) is 13.0. The molecule has 6 rings (SSSR count). The van der Waals surface area contributed by atoms with Gasteiger partial charge in [0, 0.05) is 12.1 Å². The van der Waals surface area contributed by atoms with Crippen LogP contribution in [0.2, 0.25) is 0 Å². The van der Waals surface area contributed by atoms with Crippen molar-refractivity contribution in [2.24, 2.45) is 17.3 Å². The Bertz CT molecular complexity index is 1200. The predicted octanol–water partition coefficient (Wildman–Crippen LogP) is 6.24. The molecule has 1 heterocycles. The van der Waals surface area contributed by atoms with Crippen LogP contribution in [-0.2, 0) is 19.4 Å². The summed E-state index contributed by atoms with van der Waals surface area (Å²) in [5, 5.41) is 29.0. The number of phenolic OH excluding ortho intramolecular Hbond substituents is 2. The highest BCUT2D eigenvalue weighted by atomic mass is 16.3. The second-order valence-electron chi connectivity index (χ2n) is 11.2. The van der Waals surface area contributed by atoms with Crippen molar-refractivity contribution in [3.05, 3.63) is 59.3 Å². The first-order chi connectivity index (χ1) is 16.5. The molecule has 0 unspecified atom stereocenters. The number of rotatable bonds is 5. The number of aryl methyl sites for hydroxylation is 3. The molecule has 0 amide bonds. The smallest absolute Gasteiger partial charge is 0.119 e. The fraction of sp³-hybridized carbons (Fsp3) is 0.517. The number of hydrogen-bond acceptors (Lipinski definition) is 4. The van der Waals surface area contributed by atoms with Gasteiger partial charge in [-0.1, -0.05) is 36.8 Å². The lowest BCUT2D eigenvalue weighted by Crippen LogP contribution is -2.39. The lowest BCUT2D eigenvalue weighted by Gasteiger charge is -2.49. The molecule has 2 N–H and O–H groups in total. The minimum atomic E-state index is 0.229. The number of aromatic hydroxyl groups is 2. The summed E-state index contributed by atoms with van der Waals surface area (Å²) in [5.74, 6) is 3.09. The standard InChI is InChI=1S/C29H35N3O2/c1-29-12-3-8-26(29)24-10-9-19-17-28(34)21(16-25(19)23(24)11-13-29)6-4-14-32-18-27(30-31-32)20-5-2-7-22(33)15-20/h2,5,7,15-18,23-24,26,33-34H,3-4,6,8-14H2,1H3/t23-,24+,26-,29-/m0/s1. The minimum Gasteiger partial charge on any atom is -0.508 e. The van der Waals surface area contributed by atoms with Crippen molar-refractivity contribution in [1.29, 1.82) is 0 Å². The van der Waals surface area contributed by atoms with Gasteiger partial charge < -0.3 is 10.2 Å². The molecule has 178 valence electrons. The summed E-state index contributed by atoms with van der Waals surface area (Å²) >= 11 is 0. The van der Waals surface area contributed by atoms with Gasteiger partial charge in [-0.15, -0.1) is 5.10 Å². The lowest BCUT2D eigenvalue weighted by molar-refractivity contribution is 0.0598. The fourth-order valence-corrected chi connectivity index (χ4v) is 7.49. The third-order valence-electron chi connectivity index (χ3n) is 9.22. The van der Waals surface area contributed by atoms with Crippen molar-refractivity contribution in [3.63, 3.8) is 0 Å². The second kappa shape index (κ2) is 8.44. The molecule has 0 radical (unpaired) electrons. The maximum Gasteiger partial charge on any atom is 0.119 e. The summed E-state index contributed by atoms with van der Waals surface area (Å²) in [6.45, 7) is 3.30. The molecular weight excluding hydrogens is 422 g/mol.